The van der Waals surface area contributed by atoms with Crippen LogP contribution in [0.4, 0.5) is 0 Å². The summed E-state index contributed by atoms with van der Waals surface area (Å²) >= 11 is 14.2. The van der Waals surface area contributed by atoms with Gasteiger partial charge < -0.3 is 4.90 Å². The molecule has 23 heavy (non-hydrogen) atoms. The van der Waals surface area contributed by atoms with Gasteiger partial charge >= 0.3 is 0 Å². The van der Waals surface area contributed by atoms with E-state index in [9.17, 15) is 0 Å². The van der Waals surface area contributed by atoms with Gasteiger partial charge in [-0.25, -0.2) is 0 Å². The Hall–Kier alpha value is -1.23. The highest BCUT2D eigenvalue weighted by molar-refractivity contribution is 8.14. The van der Waals surface area contributed by atoms with Crippen LogP contribution in [0.25, 0.3) is 0 Å². The lowest BCUT2D eigenvalue weighted by Crippen LogP contribution is -2.28. The molecule has 1 saturated heterocycles. The Labute approximate surface area is 149 Å². The van der Waals surface area contributed by atoms with Crippen LogP contribution >= 0.6 is 35.0 Å². The third kappa shape index (κ3) is 2.73. The Balaban J connectivity index is 1.79. The Morgan fingerprint density at radius 1 is 1.17 bits per heavy atom. The molecule has 6 heteroatoms. The van der Waals surface area contributed by atoms with E-state index in [0.717, 1.165) is 23.0 Å². The molecule has 0 spiro atoms. The third-order valence-corrected chi connectivity index (χ3v) is 6.01. The molecule has 118 valence electrons. The van der Waals surface area contributed by atoms with Crippen LogP contribution in [0.5, 0.6) is 0 Å². The highest BCUT2D eigenvalue weighted by Gasteiger charge is 2.43. The summed E-state index contributed by atoms with van der Waals surface area (Å²) < 4.78 is 0. The number of amidine groups is 1. The van der Waals surface area contributed by atoms with E-state index >= 15 is 0 Å². The van der Waals surface area contributed by atoms with Crippen molar-refractivity contribution in [3.63, 3.8) is 0 Å². The summed E-state index contributed by atoms with van der Waals surface area (Å²) in [6.45, 7) is 3.21. The Morgan fingerprint density at radius 2 is 2.04 bits per heavy atom. The van der Waals surface area contributed by atoms with Gasteiger partial charge in [-0.15, -0.1) is 0 Å². The van der Waals surface area contributed by atoms with Gasteiger partial charge in [0.1, 0.15) is 6.04 Å². The van der Waals surface area contributed by atoms with Gasteiger partial charge in [0.2, 0.25) is 0 Å². The number of thioether (sulfide) groups is 1. The number of hydrogen-bond acceptors (Lipinski definition) is 4. The van der Waals surface area contributed by atoms with E-state index in [4.69, 9.17) is 28.2 Å². The van der Waals surface area contributed by atoms with Gasteiger partial charge in [-0.05, 0) is 29.8 Å². The summed E-state index contributed by atoms with van der Waals surface area (Å²) in [7, 11) is 0. The molecular formula is C17H15Cl2N3S. The summed E-state index contributed by atoms with van der Waals surface area (Å²) in [6, 6.07) is 11.9. The first-order chi connectivity index (χ1) is 11.1. The van der Waals surface area contributed by atoms with Crippen LogP contribution in [0.2, 0.25) is 10.0 Å². The van der Waals surface area contributed by atoms with Gasteiger partial charge in [-0.2, -0.15) is 0 Å². The van der Waals surface area contributed by atoms with Crippen LogP contribution < -0.4 is 0 Å². The van der Waals surface area contributed by atoms with Crippen LogP contribution in [0.3, 0.4) is 0 Å². The zero-order chi connectivity index (χ0) is 16.0. The summed E-state index contributed by atoms with van der Waals surface area (Å²) in [4.78, 5) is 11.8. The van der Waals surface area contributed by atoms with Crippen molar-refractivity contribution >= 4 is 40.1 Å². The second kappa shape index (κ2) is 6.00. The molecule has 0 aliphatic carbocycles. The number of aliphatic imine (C=N–C) groups is 1. The fraction of sp³-hybridized carbons (Fsp3) is 0.294. The lowest BCUT2D eigenvalue weighted by molar-refractivity contribution is 0.321. The second-order valence-corrected chi connectivity index (χ2v) is 8.03. The molecule has 2 aliphatic rings. The number of halogens is 2. The van der Waals surface area contributed by atoms with Crippen LogP contribution in [0, 0.1) is 0 Å². The Kier molecular flexibility index (Phi) is 4.00. The number of benzene rings is 1. The Bertz CT molecular complexity index is 766. The quantitative estimate of drug-likeness (QED) is 0.753. The highest BCUT2D eigenvalue weighted by Crippen LogP contribution is 2.48. The van der Waals surface area contributed by atoms with Gasteiger partial charge in [0.25, 0.3) is 0 Å². The number of rotatable bonds is 2. The summed E-state index contributed by atoms with van der Waals surface area (Å²) in [6.07, 6.45) is 1.82. The maximum Gasteiger partial charge on any atom is 0.160 e. The van der Waals surface area contributed by atoms with Crippen molar-refractivity contribution in [2.45, 2.75) is 24.3 Å². The lowest BCUT2D eigenvalue weighted by Gasteiger charge is -2.27. The van der Waals surface area contributed by atoms with Gasteiger partial charge in [0.05, 0.1) is 21.8 Å². The lowest BCUT2D eigenvalue weighted by atomic mass is 9.96. The first-order valence-electron chi connectivity index (χ1n) is 7.50. The van der Waals surface area contributed by atoms with Crippen molar-refractivity contribution in [3.8, 4) is 0 Å². The topological polar surface area (TPSA) is 28.5 Å². The predicted octanol–water partition coefficient (Wildman–Crippen LogP) is 4.98. The zero-order valence-electron chi connectivity index (χ0n) is 12.5. The molecule has 0 unspecified atom stereocenters. The molecule has 2 aliphatic heterocycles. The maximum atomic E-state index is 6.25. The zero-order valence-corrected chi connectivity index (χ0v) is 14.8. The number of fused-ring (bicyclic) bond motifs is 1. The maximum absolute atomic E-state index is 6.25. The molecule has 0 amide bonds. The van der Waals surface area contributed by atoms with Crippen molar-refractivity contribution in [2.24, 2.45) is 4.99 Å². The number of hydrogen-bond donors (Lipinski definition) is 0. The van der Waals surface area contributed by atoms with Crippen molar-refractivity contribution in [3.05, 3.63) is 63.9 Å². The van der Waals surface area contributed by atoms with Gasteiger partial charge in [-0.3, -0.25) is 9.98 Å². The number of pyridine rings is 1. The van der Waals surface area contributed by atoms with E-state index in [1.54, 1.807) is 0 Å². The molecule has 1 aromatic heterocycles. The highest BCUT2D eigenvalue weighted by atomic mass is 35.5. The molecule has 0 saturated carbocycles. The van der Waals surface area contributed by atoms with Crippen LogP contribution in [-0.2, 0) is 0 Å². The van der Waals surface area contributed by atoms with E-state index < -0.39 is 0 Å². The average molecular weight is 364 g/mol. The molecule has 3 nitrogen and oxygen atoms in total. The van der Waals surface area contributed by atoms with Crippen LogP contribution in [-0.4, -0.2) is 26.8 Å². The molecule has 3 atom stereocenters. The first kappa shape index (κ1) is 15.3. The molecule has 1 aromatic carbocycles. The molecule has 3 heterocycles. The van der Waals surface area contributed by atoms with Crippen molar-refractivity contribution in [1.82, 2.24) is 9.88 Å². The largest absolute Gasteiger partial charge is 0.341 e. The van der Waals surface area contributed by atoms with Crippen molar-refractivity contribution < 1.29 is 0 Å². The summed E-state index contributed by atoms with van der Waals surface area (Å²) in [5.41, 5.74) is 2.11. The van der Waals surface area contributed by atoms with Crippen LogP contribution in [0.15, 0.2) is 47.6 Å². The average Bonchev–Trinajstić information content (AvgIpc) is 3.07. The third-order valence-electron chi connectivity index (χ3n) is 4.17. The van der Waals surface area contributed by atoms with E-state index in [1.165, 1.54) is 0 Å². The van der Waals surface area contributed by atoms with Gasteiger partial charge in [-0.1, -0.05) is 54.0 Å². The van der Waals surface area contributed by atoms with Gasteiger partial charge in [0, 0.05) is 18.0 Å². The monoisotopic (exact) mass is 363 g/mol. The molecule has 0 bridgehead atoms. The van der Waals surface area contributed by atoms with Crippen LogP contribution in [0.1, 0.15) is 30.3 Å². The molecule has 4 rings (SSSR count). The SMILES string of the molecule is C[C@H]1CN2C(=N[C@H](c3ccccn3)[C@@H]2c2ccc(Cl)c(Cl)c2)S1. The van der Waals surface area contributed by atoms with Crippen molar-refractivity contribution in [2.75, 3.05) is 6.54 Å². The number of aromatic nitrogens is 1. The number of nitrogens with zero attached hydrogens (tertiary/aromatic N) is 3. The molecule has 0 N–H and O–H groups in total. The molecular weight excluding hydrogens is 349 g/mol. The van der Waals surface area contributed by atoms with Gasteiger partial charge in [0.15, 0.2) is 5.17 Å². The Morgan fingerprint density at radius 3 is 2.78 bits per heavy atom. The standard InChI is InChI=1S/C17H15Cl2N3S/c1-10-9-22-16(11-5-6-12(18)13(19)8-11)15(21-17(22)23-10)14-4-2-3-7-20-14/h2-8,10,15-16H,9H2,1H3/t10-,15+,16-/m0/s1. The summed E-state index contributed by atoms with van der Waals surface area (Å²) in [5.74, 6) is 0. The van der Waals surface area contributed by atoms with E-state index in [0.29, 0.717) is 15.3 Å². The predicted molar refractivity (Wildman–Crippen MR) is 97.4 cm³/mol. The smallest absolute Gasteiger partial charge is 0.160 e. The minimum Gasteiger partial charge on any atom is -0.341 e. The van der Waals surface area contributed by atoms with E-state index in [2.05, 4.69) is 16.8 Å². The summed E-state index contributed by atoms with van der Waals surface area (Å²) in [5, 5.41) is 2.80. The first-order valence-corrected chi connectivity index (χ1v) is 9.14. The minimum absolute atomic E-state index is 0.0107. The second-order valence-electron chi connectivity index (χ2n) is 5.81. The fourth-order valence-corrected chi connectivity index (χ4v) is 4.57. The minimum atomic E-state index is -0.0107. The van der Waals surface area contributed by atoms with E-state index in [-0.39, 0.29) is 12.1 Å². The molecule has 1 fully saturated rings. The molecule has 0 radical (unpaired) electrons. The molecule has 2 aromatic rings. The normalized spacial score (nSPS) is 26.3. The van der Waals surface area contributed by atoms with Crippen molar-refractivity contribution in [1.29, 1.82) is 0 Å². The van der Waals surface area contributed by atoms with E-state index in [1.807, 2.05) is 54.4 Å². The fourth-order valence-electron chi connectivity index (χ4n) is 3.17.